The first-order valence-electron chi connectivity index (χ1n) is 7.15. The lowest BCUT2D eigenvalue weighted by Crippen LogP contribution is -2.47. The molecule has 1 atom stereocenters. The number of likely N-dealkylation sites (N-methyl/N-ethyl adjacent to an activating group) is 1. The number of ether oxygens (including phenoxy) is 1. The lowest BCUT2D eigenvalue weighted by Gasteiger charge is -2.34. The molecule has 8 nitrogen and oxygen atoms in total. The summed E-state index contributed by atoms with van der Waals surface area (Å²) in [7, 11) is 5.74. The first-order valence-corrected chi connectivity index (χ1v) is 7.15. The smallest absolute Gasteiger partial charge is 0.334 e. The minimum atomic E-state index is -0.322. The van der Waals surface area contributed by atoms with Gasteiger partial charge in [0.1, 0.15) is 5.69 Å². The molecule has 0 bridgehead atoms. The maximum atomic E-state index is 11.4. The molecule has 1 saturated heterocycles. The summed E-state index contributed by atoms with van der Waals surface area (Å²) in [6, 6.07) is 0. The Morgan fingerprint density at radius 1 is 1.52 bits per heavy atom. The summed E-state index contributed by atoms with van der Waals surface area (Å²) in [5, 5.41) is 15.7. The molecule has 0 N–H and O–H groups in total. The molecular formula is C13H23N5O3. The van der Waals surface area contributed by atoms with Gasteiger partial charge in [0, 0.05) is 26.7 Å². The SMILES string of the molecule is CCc1nn(C)c(N2CCOC(CN(C)C)C2)c1[N+](=O)[O-]. The molecule has 1 aliphatic heterocycles. The maximum absolute atomic E-state index is 11.4. The second kappa shape index (κ2) is 6.40. The molecule has 1 fully saturated rings. The third-order valence-corrected chi connectivity index (χ3v) is 3.59. The van der Waals surface area contributed by atoms with Crippen LogP contribution in [-0.4, -0.2) is 66.0 Å². The molecule has 1 unspecified atom stereocenters. The topological polar surface area (TPSA) is 76.7 Å². The summed E-state index contributed by atoms with van der Waals surface area (Å²) >= 11 is 0. The molecule has 21 heavy (non-hydrogen) atoms. The zero-order chi connectivity index (χ0) is 15.6. The molecule has 0 aliphatic carbocycles. The molecule has 1 aromatic rings. The van der Waals surface area contributed by atoms with Gasteiger partial charge in [0.15, 0.2) is 0 Å². The van der Waals surface area contributed by atoms with Crippen LogP contribution in [0.15, 0.2) is 0 Å². The fourth-order valence-electron chi connectivity index (χ4n) is 2.77. The van der Waals surface area contributed by atoms with Crippen LogP contribution >= 0.6 is 0 Å². The standard InChI is InChI=1S/C13H23N5O3/c1-5-11-12(18(19)20)13(16(4)14-11)17-6-7-21-10(9-17)8-15(2)3/h10H,5-9H2,1-4H3. The summed E-state index contributed by atoms with van der Waals surface area (Å²) in [5.74, 6) is 0.587. The number of anilines is 1. The average Bonchev–Trinajstić information content (AvgIpc) is 2.75. The number of nitrogens with zero attached hydrogens (tertiary/aromatic N) is 5. The second-order valence-electron chi connectivity index (χ2n) is 5.55. The van der Waals surface area contributed by atoms with Crippen molar-refractivity contribution in [3.8, 4) is 0 Å². The van der Waals surface area contributed by atoms with Crippen molar-refractivity contribution in [2.45, 2.75) is 19.4 Å². The number of hydrogen-bond donors (Lipinski definition) is 0. The predicted molar refractivity (Wildman–Crippen MR) is 79.7 cm³/mol. The average molecular weight is 297 g/mol. The predicted octanol–water partition coefficient (Wildman–Crippen LogP) is 0.658. The quantitative estimate of drug-likeness (QED) is 0.587. The number of hydrogen-bond acceptors (Lipinski definition) is 6. The molecule has 8 heteroatoms. The van der Waals surface area contributed by atoms with Gasteiger partial charge in [0.05, 0.1) is 17.6 Å². The number of aromatic nitrogens is 2. The van der Waals surface area contributed by atoms with E-state index < -0.39 is 0 Å². The van der Waals surface area contributed by atoms with E-state index in [1.165, 1.54) is 0 Å². The lowest BCUT2D eigenvalue weighted by atomic mass is 10.2. The van der Waals surface area contributed by atoms with Gasteiger partial charge >= 0.3 is 5.69 Å². The molecule has 1 aromatic heterocycles. The van der Waals surface area contributed by atoms with Gasteiger partial charge in [0.2, 0.25) is 5.82 Å². The number of aryl methyl sites for hydroxylation is 2. The van der Waals surface area contributed by atoms with E-state index in [9.17, 15) is 10.1 Å². The Balaban J connectivity index is 2.28. The molecule has 118 valence electrons. The fraction of sp³-hybridized carbons (Fsp3) is 0.769. The minimum Gasteiger partial charge on any atom is -0.373 e. The number of morpholine rings is 1. The normalized spacial score (nSPS) is 19.3. The lowest BCUT2D eigenvalue weighted by molar-refractivity contribution is -0.384. The molecule has 0 spiro atoms. The molecular weight excluding hydrogens is 274 g/mol. The Hall–Kier alpha value is -1.67. The van der Waals surface area contributed by atoms with E-state index in [0.29, 0.717) is 37.6 Å². The summed E-state index contributed by atoms with van der Waals surface area (Å²) in [6.07, 6.45) is 0.601. The molecule has 2 rings (SSSR count). The zero-order valence-corrected chi connectivity index (χ0v) is 13.1. The van der Waals surface area contributed by atoms with E-state index in [4.69, 9.17) is 4.74 Å². The Kier molecular flexibility index (Phi) is 4.79. The molecule has 1 aliphatic rings. The van der Waals surface area contributed by atoms with Gasteiger partial charge in [-0.3, -0.25) is 10.1 Å². The van der Waals surface area contributed by atoms with E-state index in [0.717, 1.165) is 6.54 Å². The van der Waals surface area contributed by atoms with Crippen LogP contribution in [0.3, 0.4) is 0 Å². The van der Waals surface area contributed by atoms with Crippen LogP contribution in [0.5, 0.6) is 0 Å². The number of nitro groups is 1. The van der Waals surface area contributed by atoms with E-state index in [2.05, 4.69) is 10.00 Å². The van der Waals surface area contributed by atoms with E-state index >= 15 is 0 Å². The molecule has 0 aromatic carbocycles. The van der Waals surface area contributed by atoms with Gasteiger partial charge in [0.25, 0.3) is 0 Å². The summed E-state index contributed by atoms with van der Waals surface area (Å²) < 4.78 is 7.35. The van der Waals surface area contributed by atoms with Crippen LogP contribution in [0.2, 0.25) is 0 Å². The zero-order valence-electron chi connectivity index (χ0n) is 13.1. The van der Waals surface area contributed by atoms with E-state index in [1.807, 2.05) is 25.9 Å². The highest BCUT2D eigenvalue weighted by Gasteiger charge is 2.32. The first kappa shape index (κ1) is 15.7. The molecule has 2 heterocycles. The third kappa shape index (κ3) is 3.33. The molecule has 0 radical (unpaired) electrons. The van der Waals surface area contributed by atoms with Crippen molar-refractivity contribution in [3.05, 3.63) is 15.8 Å². The Labute approximate surface area is 124 Å². The van der Waals surface area contributed by atoms with Crippen molar-refractivity contribution in [1.29, 1.82) is 0 Å². The van der Waals surface area contributed by atoms with Crippen molar-refractivity contribution in [2.24, 2.45) is 7.05 Å². The highest BCUT2D eigenvalue weighted by atomic mass is 16.6. The number of rotatable bonds is 5. The van der Waals surface area contributed by atoms with Crippen molar-refractivity contribution in [2.75, 3.05) is 45.2 Å². The van der Waals surface area contributed by atoms with Crippen molar-refractivity contribution in [3.63, 3.8) is 0 Å². The van der Waals surface area contributed by atoms with Crippen molar-refractivity contribution in [1.82, 2.24) is 14.7 Å². The van der Waals surface area contributed by atoms with E-state index in [-0.39, 0.29) is 16.7 Å². The largest absolute Gasteiger partial charge is 0.373 e. The van der Waals surface area contributed by atoms with Crippen molar-refractivity contribution < 1.29 is 9.66 Å². The molecule has 0 amide bonds. The van der Waals surface area contributed by atoms with Crippen LogP contribution in [-0.2, 0) is 18.2 Å². The fourth-order valence-corrected chi connectivity index (χ4v) is 2.77. The van der Waals surface area contributed by atoms with Crippen LogP contribution in [0.4, 0.5) is 11.5 Å². The van der Waals surface area contributed by atoms with Gasteiger partial charge in [-0.1, -0.05) is 6.92 Å². The Bertz CT molecular complexity index is 514. The second-order valence-corrected chi connectivity index (χ2v) is 5.55. The highest BCUT2D eigenvalue weighted by molar-refractivity contribution is 5.62. The minimum absolute atomic E-state index is 0.0494. The van der Waals surface area contributed by atoms with Gasteiger partial charge in [-0.25, -0.2) is 4.68 Å². The van der Waals surface area contributed by atoms with Crippen LogP contribution in [0.1, 0.15) is 12.6 Å². The summed E-state index contributed by atoms with van der Waals surface area (Å²) in [6.45, 7) is 4.54. The Morgan fingerprint density at radius 3 is 2.81 bits per heavy atom. The first-order chi connectivity index (χ1) is 9.93. The monoisotopic (exact) mass is 297 g/mol. The van der Waals surface area contributed by atoms with Gasteiger partial charge in [-0.2, -0.15) is 5.10 Å². The third-order valence-electron chi connectivity index (χ3n) is 3.59. The van der Waals surface area contributed by atoms with Gasteiger partial charge in [-0.15, -0.1) is 0 Å². The Morgan fingerprint density at radius 2 is 2.24 bits per heavy atom. The van der Waals surface area contributed by atoms with Gasteiger partial charge < -0.3 is 14.5 Å². The van der Waals surface area contributed by atoms with E-state index in [1.54, 1.807) is 11.7 Å². The molecule has 0 saturated carbocycles. The van der Waals surface area contributed by atoms with Crippen LogP contribution in [0.25, 0.3) is 0 Å². The maximum Gasteiger partial charge on any atom is 0.334 e. The van der Waals surface area contributed by atoms with Crippen LogP contribution in [0, 0.1) is 10.1 Å². The summed E-state index contributed by atoms with van der Waals surface area (Å²) in [5.41, 5.74) is 0.665. The van der Waals surface area contributed by atoms with Crippen molar-refractivity contribution >= 4 is 11.5 Å². The van der Waals surface area contributed by atoms with Gasteiger partial charge in [-0.05, 0) is 20.5 Å². The summed E-state index contributed by atoms with van der Waals surface area (Å²) in [4.78, 5) is 15.2. The highest BCUT2D eigenvalue weighted by Crippen LogP contribution is 2.32. The van der Waals surface area contributed by atoms with Crippen LogP contribution < -0.4 is 4.90 Å².